The van der Waals surface area contributed by atoms with Crippen molar-refractivity contribution in [1.29, 1.82) is 0 Å². The van der Waals surface area contributed by atoms with Crippen LogP contribution in [-0.4, -0.2) is 22.4 Å². The summed E-state index contributed by atoms with van der Waals surface area (Å²) in [6, 6.07) is 0. The minimum Gasteiger partial charge on any atom is -0.393 e. The number of aliphatic hydroxyl groups is 2. The minimum absolute atomic E-state index is 0.0450. The van der Waals surface area contributed by atoms with Crippen LogP contribution in [0.25, 0.3) is 0 Å². The number of unbranched alkanes of at least 4 members (excludes halogenated alkanes) is 1. The standard InChI is InChI=1S/C24H42O2.C2H6/c1-7-8-10-24-15-23(24)13-12-21(5)19(16(2)25)17(26)14-22(21,6)18(23)9-11-20(24,3)4;1-2/h16-19,25-26H,7-15H2,1-6H3;1-2H3/t16?,17?,18?,19?,21?,22-,23?,24?;/m0./s1. The zero-order valence-electron chi connectivity index (χ0n) is 20.1. The summed E-state index contributed by atoms with van der Waals surface area (Å²) in [7, 11) is 0. The summed E-state index contributed by atoms with van der Waals surface area (Å²) in [4.78, 5) is 0. The van der Waals surface area contributed by atoms with Crippen molar-refractivity contribution < 1.29 is 10.2 Å². The third-order valence-corrected chi connectivity index (χ3v) is 10.9. The van der Waals surface area contributed by atoms with E-state index in [1.54, 1.807) is 0 Å². The number of hydrogen-bond acceptors (Lipinski definition) is 2. The van der Waals surface area contributed by atoms with E-state index >= 15 is 0 Å². The normalized spacial score (nSPS) is 51.9. The van der Waals surface area contributed by atoms with Crippen LogP contribution in [0.4, 0.5) is 0 Å². The predicted molar refractivity (Wildman–Crippen MR) is 118 cm³/mol. The molecule has 0 amide bonds. The molecule has 4 aliphatic rings. The van der Waals surface area contributed by atoms with Crippen LogP contribution in [0, 0.1) is 38.9 Å². The number of hydrogen-bond donors (Lipinski definition) is 2. The highest BCUT2D eigenvalue weighted by Crippen LogP contribution is 2.88. The van der Waals surface area contributed by atoms with Crippen molar-refractivity contribution in [1.82, 2.24) is 0 Å². The van der Waals surface area contributed by atoms with Gasteiger partial charge in [-0.2, -0.15) is 0 Å². The lowest BCUT2D eigenvalue weighted by atomic mass is 9.43. The predicted octanol–water partition coefficient (Wildman–Crippen LogP) is 6.58. The number of rotatable bonds is 4. The molecule has 0 aromatic heterocycles. The third-order valence-electron chi connectivity index (χ3n) is 10.9. The second-order valence-corrected chi connectivity index (χ2v) is 11.9. The molecule has 164 valence electrons. The maximum absolute atomic E-state index is 11.0. The highest BCUT2D eigenvalue weighted by atomic mass is 16.3. The molecule has 0 saturated heterocycles. The molecule has 0 aromatic rings. The van der Waals surface area contributed by atoms with Crippen molar-refractivity contribution in [2.45, 2.75) is 125 Å². The molecule has 0 radical (unpaired) electrons. The molecular weight excluding hydrogens is 344 g/mol. The molecule has 4 rings (SSSR count). The lowest BCUT2D eigenvalue weighted by Gasteiger charge is -2.62. The molecule has 2 N–H and O–H groups in total. The van der Waals surface area contributed by atoms with Crippen LogP contribution >= 0.6 is 0 Å². The van der Waals surface area contributed by atoms with Crippen LogP contribution in [0.3, 0.4) is 0 Å². The quantitative estimate of drug-likeness (QED) is 0.567. The van der Waals surface area contributed by atoms with E-state index in [2.05, 4.69) is 34.6 Å². The molecule has 0 heterocycles. The van der Waals surface area contributed by atoms with Crippen molar-refractivity contribution >= 4 is 0 Å². The Kier molecular flexibility index (Phi) is 5.63. The van der Waals surface area contributed by atoms with Gasteiger partial charge in [-0.3, -0.25) is 0 Å². The lowest BCUT2D eigenvalue weighted by Crippen LogP contribution is -2.55. The summed E-state index contributed by atoms with van der Waals surface area (Å²) in [6.07, 6.45) is 10.8. The van der Waals surface area contributed by atoms with Gasteiger partial charge in [0.25, 0.3) is 0 Å². The molecule has 8 atom stereocenters. The molecule has 4 saturated carbocycles. The van der Waals surface area contributed by atoms with Crippen LogP contribution in [0.2, 0.25) is 0 Å². The van der Waals surface area contributed by atoms with Crippen molar-refractivity contribution in [2.24, 2.45) is 38.9 Å². The van der Waals surface area contributed by atoms with Crippen LogP contribution < -0.4 is 0 Å². The van der Waals surface area contributed by atoms with Gasteiger partial charge in [0.2, 0.25) is 0 Å². The van der Waals surface area contributed by atoms with Gasteiger partial charge < -0.3 is 10.2 Å². The first-order valence-electron chi connectivity index (χ1n) is 12.4. The summed E-state index contributed by atoms with van der Waals surface area (Å²) in [5.74, 6) is 0.778. The molecule has 0 bridgehead atoms. The molecule has 1 spiro atoms. The topological polar surface area (TPSA) is 40.5 Å². The molecule has 0 aliphatic heterocycles. The van der Waals surface area contributed by atoms with Gasteiger partial charge in [-0.05, 0) is 84.9 Å². The zero-order chi connectivity index (χ0) is 21.2. The van der Waals surface area contributed by atoms with Gasteiger partial charge >= 0.3 is 0 Å². The van der Waals surface area contributed by atoms with Crippen molar-refractivity contribution in [3.05, 3.63) is 0 Å². The Bertz CT molecular complexity index is 583. The molecule has 2 heteroatoms. The zero-order valence-corrected chi connectivity index (χ0v) is 20.1. The fourth-order valence-corrected chi connectivity index (χ4v) is 9.40. The summed E-state index contributed by atoms with van der Waals surface area (Å²) in [5, 5.41) is 21.5. The summed E-state index contributed by atoms with van der Waals surface area (Å²) in [5.41, 5.74) is 1.78. The van der Waals surface area contributed by atoms with E-state index < -0.39 is 6.10 Å². The van der Waals surface area contributed by atoms with E-state index in [9.17, 15) is 10.2 Å². The molecule has 0 aromatic carbocycles. The Morgan fingerprint density at radius 1 is 1.00 bits per heavy atom. The van der Waals surface area contributed by atoms with Gasteiger partial charge in [0, 0.05) is 5.92 Å². The van der Waals surface area contributed by atoms with E-state index in [1.165, 1.54) is 51.4 Å². The SMILES string of the molecule is CC.CCCCC12CC13CCC1(C)C(C(C)O)C(O)C[C@@]1(C)C3CCC2(C)C. The van der Waals surface area contributed by atoms with Crippen LogP contribution in [0.1, 0.15) is 113 Å². The number of fused-ring (bicyclic) bond motifs is 2. The van der Waals surface area contributed by atoms with E-state index in [4.69, 9.17) is 0 Å². The fraction of sp³-hybridized carbons (Fsp3) is 1.00. The summed E-state index contributed by atoms with van der Waals surface area (Å²) < 4.78 is 0. The van der Waals surface area contributed by atoms with E-state index in [1.807, 2.05) is 20.8 Å². The van der Waals surface area contributed by atoms with Gasteiger partial charge in [-0.15, -0.1) is 0 Å². The van der Waals surface area contributed by atoms with Crippen LogP contribution in [0.15, 0.2) is 0 Å². The lowest BCUT2D eigenvalue weighted by molar-refractivity contribution is -0.143. The summed E-state index contributed by atoms with van der Waals surface area (Å²) in [6.45, 7) is 18.2. The largest absolute Gasteiger partial charge is 0.393 e. The second kappa shape index (κ2) is 6.98. The number of aliphatic hydroxyl groups excluding tert-OH is 2. The van der Waals surface area contributed by atoms with Gasteiger partial charge in [0.15, 0.2) is 0 Å². The minimum atomic E-state index is -0.407. The first-order chi connectivity index (χ1) is 13.0. The Balaban J connectivity index is 0.00000109. The maximum Gasteiger partial charge on any atom is 0.0603 e. The fourth-order valence-electron chi connectivity index (χ4n) is 9.40. The Hall–Kier alpha value is -0.0800. The van der Waals surface area contributed by atoms with Crippen LogP contribution in [-0.2, 0) is 0 Å². The monoisotopic (exact) mass is 392 g/mol. The molecule has 2 nitrogen and oxygen atoms in total. The van der Waals surface area contributed by atoms with Gasteiger partial charge in [0.05, 0.1) is 12.2 Å². The molecule has 7 unspecified atom stereocenters. The second-order valence-electron chi connectivity index (χ2n) is 11.9. The van der Waals surface area contributed by atoms with Crippen molar-refractivity contribution in [3.63, 3.8) is 0 Å². The van der Waals surface area contributed by atoms with Crippen molar-refractivity contribution in [3.8, 4) is 0 Å². The van der Waals surface area contributed by atoms with Crippen molar-refractivity contribution in [2.75, 3.05) is 0 Å². The van der Waals surface area contributed by atoms with E-state index in [0.29, 0.717) is 16.2 Å². The summed E-state index contributed by atoms with van der Waals surface area (Å²) >= 11 is 0. The Morgan fingerprint density at radius 2 is 1.64 bits per heavy atom. The average molecular weight is 393 g/mol. The molecule has 4 aliphatic carbocycles. The molecule has 4 fully saturated rings. The molecular formula is C26H48O2. The first-order valence-corrected chi connectivity index (χ1v) is 12.4. The van der Waals surface area contributed by atoms with E-state index in [0.717, 1.165) is 12.3 Å². The average Bonchev–Trinajstić information content (AvgIpc) is 3.23. The Morgan fingerprint density at radius 3 is 2.21 bits per heavy atom. The van der Waals surface area contributed by atoms with E-state index in [-0.39, 0.29) is 22.9 Å². The smallest absolute Gasteiger partial charge is 0.0603 e. The Labute approximate surface area is 174 Å². The van der Waals surface area contributed by atoms with Gasteiger partial charge in [-0.25, -0.2) is 0 Å². The van der Waals surface area contributed by atoms with Crippen LogP contribution in [0.5, 0.6) is 0 Å². The third kappa shape index (κ3) is 2.52. The highest BCUT2D eigenvalue weighted by Gasteiger charge is 2.82. The molecule has 28 heavy (non-hydrogen) atoms. The maximum atomic E-state index is 11.0. The first kappa shape index (κ1) is 22.6. The highest BCUT2D eigenvalue weighted by molar-refractivity contribution is 5.30. The van der Waals surface area contributed by atoms with Gasteiger partial charge in [-0.1, -0.05) is 61.3 Å². The van der Waals surface area contributed by atoms with Gasteiger partial charge in [0.1, 0.15) is 0 Å².